The van der Waals surface area contributed by atoms with Crippen LogP contribution in [-0.4, -0.2) is 51.6 Å². The summed E-state index contributed by atoms with van der Waals surface area (Å²) in [5.74, 6) is -0.409. The van der Waals surface area contributed by atoms with Crippen LogP contribution in [-0.2, 0) is 28.5 Å². The summed E-state index contributed by atoms with van der Waals surface area (Å²) in [7, 11) is 0. The third-order valence-corrected chi connectivity index (χ3v) is 1.65. The maximum atomic E-state index is 10.4. The van der Waals surface area contributed by atoms with Crippen LogP contribution >= 0.6 is 0 Å². The molecule has 0 aromatic rings. The highest BCUT2D eigenvalue weighted by molar-refractivity contribution is 5.71. The molecule has 0 N–H and O–H groups in total. The van der Waals surface area contributed by atoms with Gasteiger partial charge in [0, 0.05) is 0 Å². The molecule has 0 unspecified atom stereocenters. The molecular formula is C9H14O6. The molecule has 0 atom stereocenters. The predicted molar refractivity (Wildman–Crippen MR) is 48.2 cm³/mol. The molecule has 6 nitrogen and oxygen atoms in total. The maximum Gasteiger partial charge on any atom is 0.332 e. The number of hydrogen-bond donors (Lipinski definition) is 0. The maximum absolute atomic E-state index is 10.4. The summed E-state index contributed by atoms with van der Waals surface area (Å²) in [6.45, 7) is 2.56. The number of rotatable bonds is 0. The van der Waals surface area contributed by atoms with Crippen LogP contribution in [0, 0.1) is 0 Å². The van der Waals surface area contributed by atoms with E-state index in [1.54, 1.807) is 0 Å². The number of cyclic esters (lactones) is 2. The number of esters is 2. The molecule has 0 radical (unpaired) electrons. The molecular weight excluding hydrogens is 204 g/mol. The van der Waals surface area contributed by atoms with E-state index < -0.39 is 0 Å². The average molecular weight is 218 g/mol. The van der Waals surface area contributed by atoms with Crippen LogP contribution in [0.1, 0.15) is 6.42 Å². The van der Waals surface area contributed by atoms with Crippen molar-refractivity contribution in [1.29, 1.82) is 0 Å². The molecule has 0 aromatic carbocycles. The van der Waals surface area contributed by atoms with E-state index in [0.29, 0.717) is 39.5 Å². The molecule has 2 aliphatic heterocycles. The number of carbonyl (C=O) groups is 2. The lowest BCUT2D eigenvalue weighted by atomic mass is 10.5. The highest BCUT2D eigenvalue weighted by atomic mass is 16.6. The van der Waals surface area contributed by atoms with Gasteiger partial charge in [-0.3, -0.25) is 4.79 Å². The van der Waals surface area contributed by atoms with Gasteiger partial charge in [-0.05, 0) is 0 Å². The second-order valence-corrected chi connectivity index (χ2v) is 2.86. The predicted octanol–water partition coefficient (Wildman–Crippen LogP) is -0.490. The third kappa shape index (κ3) is 6.03. The van der Waals surface area contributed by atoms with Crippen molar-refractivity contribution in [2.24, 2.45) is 0 Å². The standard InChI is InChI=1S/C5H8O3.C4H6O3/c6-5-1-2-7-3-4-8-5;5-4-3-6-1-2-7-4/h1-4H2;1-3H2. The fourth-order valence-corrected chi connectivity index (χ4v) is 0.956. The molecule has 6 heteroatoms. The van der Waals surface area contributed by atoms with Crippen LogP contribution < -0.4 is 0 Å². The number of ether oxygens (including phenoxy) is 4. The van der Waals surface area contributed by atoms with E-state index in [0.717, 1.165) is 0 Å². The van der Waals surface area contributed by atoms with Crippen molar-refractivity contribution in [2.45, 2.75) is 6.42 Å². The van der Waals surface area contributed by atoms with E-state index in [-0.39, 0.29) is 18.5 Å². The molecule has 2 heterocycles. The van der Waals surface area contributed by atoms with Crippen molar-refractivity contribution < 1.29 is 28.5 Å². The lowest BCUT2D eigenvalue weighted by molar-refractivity contribution is -0.159. The van der Waals surface area contributed by atoms with Gasteiger partial charge in [0.2, 0.25) is 0 Å². The Morgan fingerprint density at radius 3 is 2.00 bits per heavy atom. The Hall–Kier alpha value is -1.14. The molecule has 2 saturated heterocycles. The Kier molecular flexibility index (Phi) is 5.72. The van der Waals surface area contributed by atoms with Crippen LogP contribution in [0.2, 0.25) is 0 Å². The summed E-state index contributed by atoms with van der Waals surface area (Å²) in [5, 5.41) is 0. The zero-order valence-corrected chi connectivity index (χ0v) is 8.40. The molecule has 0 aromatic heterocycles. The molecule has 15 heavy (non-hydrogen) atoms. The lowest BCUT2D eigenvalue weighted by Crippen LogP contribution is -2.22. The van der Waals surface area contributed by atoms with E-state index in [9.17, 15) is 9.59 Å². The summed E-state index contributed by atoms with van der Waals surface area (Å²) < 4.78 is 18.8. The smallest absolute Gasteiger partial charge is 0.332 e. The largest absolute Gasteiger partial charge is 0.463 e. The van der Waals surface area contributed by atoms with Crippen LogP contribution in [0.25, 0.3) is 0 Å². The lowest BCUT2D eigenvalue weighted by Gasteiger charge is -2.09. The topological polar surface area (TPSA) is 71.1 Å². The van der Waals surface area contributed by atoms with Gasteiger partial charge in [-0.25, -0.2) is 4.79 Å². The first-order valence-electron chi connectivity index (χ1n) is 4.76. The second-order valence-electron chi connectivity index (χ2n) is 2.86. The van der Waals surface area contributed by atoms with Gasteiger partial charge in [-0.1, -0.05) is 0 Å². The molecule has 0 spiro atoms. The first-order chi connectivity index (χ1) is 7.29. The van der Waals surface area contributed by atoms with Gasteiger partial charge in [-0.2, -0.15) is 0 Å². The minimum Gasteiger partial charge on any atom is -0.463 e. The first-order valence-corrected chi connectivity index (χ1v) is 4.76. The second kappa shape index (κ2) is 7.19. The van der Waals surface area contributed by atoms with Crippen molar-refractivity contribution in [3.8, 4) is 0 Å². The molecule has 2 rings (SSSR count). The Morgan fingerprint density at radius 2 is 1.40 bits per heavy atom. The van der Waals surface area contributed by atoms with E-state index in [1.807, 2.05) is 0 Å². The molecule has 0 amide bonds. The Labute approximate surface area is 87.4 Å². The quantitative estimate of drug-likeness (QED) is 0.511. The van der Waals surface area contributed by atoms with Crippen LogP contribution in [0.3, 0.4) is 0 Å². The minimum atomic E-state index is -0.258. The van der Waals surface area contributed by atoms with Crippen molar-refractivity contribution in [2.75, 3.05) is 39.6 Å². The fraction of sp³-hybridized carbons (Fsp3) is 0.778. The van der Waals surface area contributed by atoms with Gasteiger partial charge >= 0.3 is 11.9 Å². The van der Waals surface area contributed by atoms with E-state index >= 15 is 0 Å². The van der Waals surface area contributed by atoms with Crippen molar-refractivity contribution >= 4 is 11.9 Å². The highest BCUT2D eigenvalue weighted by Crippen LogP contribution is 1.93. The number of hydrogen-bond acceptors (Lipinski definition) is 6. The number of carbonyl (C=O) groups excluding carboxylic acids is 2. The van der Waals surface area contributed by atoms with Gasteiger partial charge in [0.25, 0.3) is 0 Å². The normalized spacial score (nSPS) is 21.6. The first kappa shape index (κ1) is 11.9. The molecule has 2 fully saturated rings. The highest BCUT2D eigenvalue weighted by Gasteiger charge is 2.07. The summed E-state index contributed by atoms with van der Waals surface area (Å²) in [6, 6.07) is 0. The van der Waals surface area contributed by atoms with E-state index in [1.165, 1.54) is 0 Å². The van der Waals surface area contributed by atoms with Gasteiger partial charge < -0.3 is 18.9 Å². The van der Waals surface area contributed by atoms with Crippen LogP contribution in [0.4, 0.5) is 0 Å². The zero-order chi connectivity index (χ0) is 10.9. The Morgan fingerprint density at radius 1 is 0.733 bits per heavy atom. The Balaban J connectivity index is 0.000000151. The summed E-state index contributed by atoms with van der Waals surface area (Å²) in [6.07, 6.45) is 0.403. The van der Waals surface area contributed by atoms with Crippen LogP contribution in [0.5, 0.6) is 0 Å². The molecule has 2 aliphatic rings. The molecule has 86 valence electrons. The van der Waals surface area contributed by atoms with Crippen LogP contribution in [0.15, 0.2) is 0 Å². The molecule has 0 aliphatic carbocycles. The zero-order valence-electron chi connectivity index (χ0n) is 8.40. The van der Waals surface area contributed by atoms with E-state index in [2.05, 4.69) is 9.47 Å². The molecule has 0 bridgehead atoms. The Bertz CT molecular complexity index is 197. The van der Waals surface area contributed by atoms with Gasteiger partial charge in [0.05, 0.1) is 26.2 Å². The summed E-state index contributed by atoms with van der Waals surface area (Å²) in [4.78, 5) is 20.5. The van der Waals surface area contributed by atoms with Gasteiger partial charge in [-0.15, -0.1) is 0 Å². The summed E-state index contributed by atoms with van der Waals surface area (Å²) in [5.41, 5.74) is 0. The van der Waals surface area contributed by atoms with E-state index in [4.69, 9.17) is 9.47 Å². The third-order valence-electron chi connectivity index (χ3n) is 1.65. The fourth-order valence-electron chi connectivity index (χ4n) is 0.956. The van der Waals surface area contributed by atoms with Crippen molar-refractivity contribution in [3.05, 3.63) is 0 Å². The molecule has 0 saturated carbocycles. The monoisotopic (exact) mass is 218 g/mol. The average Bonchev–Trinajstić information content (AvgIpc) is 2.48. The van der Waals surface area contributed by atoms with Gasteiger partial charge in [0.15, 0.2) is 0 Å². The van der Waals surface area contributed by atoms with Gasteiger partial charge in [0.1, 0.15) is 19.8 Å². The van der Waals surface area contributed by atoms with Crippen molar-refractivity contribution in [3.63, 3.8) is 0 Å². The summed E-state index contributed by atoms with van der Waals surface area (Å²) >= 11 is 0. The SMILES string of the molecule is O=C1CCOCCO1.O=C1COCCO1. The minimum absolute atomic E-state index is 0.125. The van der Waals surface area contributed by atoms with Crippen molar-refractivity contribution in [1.82, 2.24) is 0 Å².